The number of aromatic hydroxyl groups is 1. The number of carboxylic acid groups (broad SMARTS) is 1. The number of H-pyrrole nitrogens is 1. The first-order valence-corrected chi connectivity index (χ1v) is 6.97. The van der Waals surface area contributed by atoms with Gasteiger partial charge in [-0.25, -0.2) is 4.98 Å². The molecule has 0 atom stereocenters. The predicted octanol–water partition coefficient (Wildman–Crippen LogP) is 3.79. The van der Waals surface area contributed by atoms with Crippen molar-refractivity contribution in [3.05, 3.63) is 60.7 Å². The molecule has 1 aromatic heterocycles. The number of benzene rings is 3. The number of para-hydroxylation sites is 2. The molecule has 4 aromatic rings. The van der Waals surface area contributed by atoms with Crippen LogP contribution in [0.25, 0.3) is 33.2 Å². The van der Waals surface area contributed by atoms with E-state index < -0.39 is 0 Å². The largest absolute Gasteiger partial charge is 0.508 e. The Kier molecular flexibility index (Phi) is 3.93. The highest BCUT2D eigenvalue weighted by molar-refractivity contribution is 5.88. The van der Waals surface area contributed by atoms with Crippen molar-refractivity contribution in [3.63, 3.8) is 0 Å². The van der Waals surface area contributed by atoms with E-state index in [0.29, 0.717) is 0 Å². The molecule has 3 N–H and O–H groups in total. The van der Waals surface area contributed by atoms with Crippen molar-refractivity contribution in [1.29, 1.82) is 0 Å². The normalized spacial score (nSPS) is 10.3. The van der Waals surface area contributed by atoms with E-state index in [1.807, 2.05) is 42.5 Å². The SMILES string of the molecule is O=CO.Oc1ccc2cc(-c3nc4ccccc4[nH]3)ccc2c1. The van der Waals surface area contributed by atoms with Crippen LogP contribution in [0, 0.1) is 0 Å². The van der Waals surface area contributed by atoms with Gasteiger partial charge in [-0.1, -0.05) is 30.3 Å². The maximum atomic E-state index is 9.49. The zero-order chi connectivity index (χ0) is 16.2. The molecule has 3 aromatic carbocycles. The lowest BCUT2D eigenvalue weighted by Gasteiger charge is -2.01. The first kappa shape index (κ1) is 14.6. The molecule has 0 fully saturated rings. The summed E-state index contributed by atoms with van der Waals surface area (Å²) in [4.78, 5) is 16.3. The second-order valence-corrected chi connectivity index (χ2v) is 4.95. The molecule has 0 saturated carbocycles. The number of phenolic OH excluding ortho intramolecular Hbond substituents is 1. The molecule has 5 nitrogen and oxygen atoms in total. The number of aromatic amines is 1. The van der Waals surface area contributed by atoms with E-state index in [-0.39, 0.29) is 12.2 Å². The van der Waals surface area contributed by atoms with Gasteiger partial charge in [0.1, 0.15) is 11.6 Å². The average molecular weight is 306 g/mol. The second-order valence-electron chi connectivity index (χ2n) is 4.95. The maximum absolute atomic E-state index is 9.49. The monoisotopic (exact) mass is 306 g/mol. The van der Waals surface area contributed by atoms with Crippen molar-refractivity contribution in [2.75, 3.05) is 0 Å². The summed E-state index contributed by atoms with van der Waals surface area (Å²) in [6, 6.07) is 19.5. The van der Waals surface area contributed by atoms with Gasteiger partial charge < -0.3 is 15.2 Å². The van der Waals surface area contributed by atoms with E-state index in [9.17, 15) is 5.11 Å². The number of nitrogens with one attached hydrogen (secondary N) is 1. The molecule has 23 heavy (non-hydrogen) atoms. The predicted molar refractivity (Wildman–Crippen MR) is 89.4 cm³/mol. The zero-order valence-electron chi connectivity index (χ0n) is 12.1. The standard InChI is InChI=1S/C17H12N2O.CH2O2/c20-14-8-7-11-9-13(6-5-12(11)10-14)17-18-15-3-1-2-4-16(15)19-17;2-1-3/h1-10,20H,(H,18,19);1H,(H,2,3). The third kappa shape index (κ3) is 2.98. The van der Waals surface area contributed by atoms with Crippen LogP contribution in [0.3, 0.4) is 0 Å². The molecule has 0 aliphatic carbocycles. The Bertz CT molecular complexity index is 943. The van der Waals surface area contributed by atoms with Gasteiger partial charge in [0.15, 0.2) is 0 Å². The molecular weight excluding hydrogens is 292 g/mol. The summed E-state index contributed by atoms with van der Waals surface area (Å²) in [5.41, 5.74) is 3.04. The first-order valence-electron chi connectivity index (χ1n) is 6.97. The van der Waals surface area contributed by atoms with E-state index in [0.717, 1.165) is 33.2 Å². The van der Waals surface area contributed by atoms with Crippen LogP contribution >= 0.6 is 0 Å². The van der Waals surface area contributed by atoms with Gasteiger partial charge in [0.2, 0.25) is 0 Å². The Balaban J connectivity index is 0.000000485. The van der Waals surface area contributed by atoms with Crippen LogP contribution < -0.4 is 0 Å². The molecule has 1 heterocycles. The number of carbonyl (C=O) groups is 1. The topological polar surface area (TPSA) is 86.2 Å². The Labute approximate surface area is 131 Å². The number of phenols is 1. The van der Waals surface area contributed by atoms with E-state index in [4.69, 9.17) is 9.90 Å². The Morgan fingerprint density at radius 3 is 2.43 bits per heavy atom. The minimum Gasteiger partial charge on any atom is -0.508 e. The number of rotatable bonds is 1. The second kappa shape index (κ2) is 6.19. The third-order valence-corrected chi connectivity index (χ3v) is 3.49. The molecule has 0 bridgehead atoms. The van der Waals surface area contributed by atoms with Gasteiger partial charge >= 0.3 is 0 Å². The fourth-order valence-corrected chi connectivity index (χ4v) is 2.47. The highest BCUT2D eigenvalue weighted by Gasteiger charge is 2.05. The fraction of sp³-hybridized carbons (Fsp3) is 0. The summed E-state index contributed by atoms with van der Waals surface area (Å²) < 4.78 is 0. The molecule has 0 spiro atoms. The van der Waals surface area contributed by atoms with Gasteiger partial charge in [-0.3, -0.25) is 4.79 Å². The van der Waals surface area contributed by atoms with Crippen molar-refractivity contribution in [3.8, 4) is 17.1 Å². The molecule has 4 rings (SSSR count). The molecule has 5 heteroatoms. The molecule has 0 radical (unpaired) electrons. The molecule has 0 saturated heterocycles. The number of aromatic nitrogens is 2. The van der Waals surface area contributed by atoms with Crippen LogP contribution in [0.4, 0.5) is 0 Å². The maximum Gasteiger partial charge on any atom is 0.290 e. The summed E-state index contributed by atoms with van der Waals surface area (Å²) in [7, 11) is 0. The summed E-state index contributed by atoms with van der Waals surface area (Å²) in [5, 5.41) is 18.5. The van der Waals surface area contributed by atoms with Gasteiger partial charge in [-0.15, -0.1) is 0 Å². The minimum atomic E-state index is -0.250. The Morgan fingerprint density at radius 2 is 1.65 bits per heavy atom. The van der Waals surface area contributed by atoms with Crippen LogP contribution in [0.5, 0.6) is 5.75 Å². The number of hydrogen-bond donors (Lipinski definition) is 3. The average Bonchev–Trinajstić information content (AvgIpc) is 2.99. The fourth-order valence-electron chi connectivity index (χ4n) is 2.47. The quantitative estimate of drug-likeness (QED) is 0.467. The van der Waals surface area contributed by atoms with Gasteiger partial charge in [0.05, 0.1) is 11.0 Å². The van der Waals surface area contributed by atoms with Gasteiger partial charge in [-0.05, 0) is 41.1 Å². The number of imidazole rings is 1. The molecule has 0 aliphatic rings. The van der Waals surface area contributed by atoms with Gasteiger partial charge in [-0.2, -0.15) is 0 Å². The lowest BCUT2D eigenvalue weighted by atomic mass is 10.1. The van der Waals surface area contributed by atoms with Crippen molar-refractivity contribution in [1.82, 2.24) is 9.97 Å². The van der Waals surface area contributed by atoms with Crippen LogP contribution in [0.1, 0.15) is 0 Å². The lowest BCUT2D eigenvalue weighted by molar-refractivity contribution is -0.122. The number of hydrogen-bond acceptors (Lipinski definition) is 3. The molecule has 0 amide bonds. The number of fused-ring (bicyclic) bond motifs is 2. The zero-order valence-corrected chi connectivity index (χ0v) is 12.1. The van der Waals surface area contributed by atoms with E-state index in [1.54, 1.807) is 12.1 Å². The molecular formula is C18H14N2O3. The molecule has 0 aliphatic heterocycles. The van der Waals surface area contributed by atoms with Gasteiger partial charge in [0.25, 0.3) is 6.47 Å². The lowest BCUT2D eigenvalue weighted by Crippen LogP contribution is -1.81. The summed E-state index contributed by atoms with van der Waals surface area (Å²) in [6.45, 7) is -0.250. The minimum absolute atomic E-state index is 0.250. The van der Waals surface area contributed by atoms with E-state index >= 15 is 0 Å². The summed E-state index contributed by atoms with van der Waals surface area (Å²) in [5.74, 6) is 1.15. The van der Waals surface area contributed by atoms with Crippen LogP contribution in [0.15, 0.2) is 60.7 Å². The Hall–Kier alpha value is -3.34. The first-order chi connectivity index (χ1) is 11.2. The van der Waals surface area contributed by atoms with Crippen molar-refractivity contribution < 1.29 is 15.0 Å². The highest BCUT2D eigenvalue weighted by Crippen LogP contribution is 2.26. The molecule has 0 unspecified atom stereocenters. The highest BCUT2D eigenvalue weighted by atomic mass is 16.3. The van der Waals surface area contributed by atoms with Crippen molar-refractivity contribution in [2.24, 2.45) is 0 Å². The van der Waals surface area contributed by atoms with Crippen molar-refractivity contribution >= 4 is 28.3 Å². The van der Waals surface area contributed by atoms with Gasteiger partial charge in [0, 0.05) is 5.56 Å². The van der Waals surface area contributed by atoms with E-state index in [2.05, 4.69) is 16.0 Å². The Morgan fingerprint density at radius 1 is 0.957 bits per heavy atom. The van der Waals surface area contributed by atoms with E-state index in [1.165, 1.54) is 0 Å². The number of nitrogens with zero attached hydrogens (tertiary/aromatic N) is 1. The summed E-state index contributed by atoms with van der Waals surface area (Å²) >= 11 is 0. The third-order valence-electron chi connectivity index (χ3n) is 3.49. The smallest absolute Gasteiger partial charge is 0.290 e. The van der Waals surface area contributed by atoms with Crippen LogP contribution in [0.2, 0.25) is 0 Å². The van der Waals surface area contributed by atoms with Crippen LogP contribution in [-0.2, 0) is 4.79 Å². The van der Waals surface area contributed by atoms with Crippen LogP contribution in [-0.4, -0.2) is 26.7 Å². The summed E-state index contributed by atoms with van der Waals surface area (Å²) in [6.07, 6.45) is 0. The molecule has 114 valence electrons. The van der Waals surface area contributed by atoms with Crippen molar-refractivity contribution in [2.45, 2.75) is 0 Å².